The molecule has 0 saturated heterocycles. The smallest absolute Gasteiger partial charge is 0.244 e. The van der Waals surface area contributed by atoms with Gasteiger partial charge in [-0.25, -0.2) is 0 Å². The number of rotatable bonds is 7. The third-order valence-electron chi connectivity index (χ3n) is 4.18. The predicted octanol–water partition coefficient (Wildman–Crippen LogP) is 2.83. The van der Waals surface area contributed by atoms with E-state index in [1.165, 1.54) is 6.08 Å². The van der Waals surface area contributed by atoms with Crippen molar-refractivity contribution >= 4 is 12.0 Å². The van der Waals surface area contributed by atoms with E-state index >= 15 is 0 Å². The van der Waals surface area contributed by atoms with Crippen molar-refractivity contribution in [2.24, 2.45) is 7.05 Å². The normalized spacial score (nSPS) is 10.8. The number of nitrogens with zero attached hydrogens (tertiary/aromatic N) is 3. The molecule has 7 heteroatoms. The minimum absolute atomic E-state index is 0.203. The standard InChI is InChI=1S/C21H22N4O3/c1-25-18(16-8-10-22-11-9-16)13-17(24-25)14-23-21(26)7-5-15-4-6-19(27-2)20(12-15)28-3/h4-13H,14H2,1-3H3,(H,23,26)/b7-5+. The molecule has 1 amide bonds. The quantitative estimate of drug-likeness (QED) is 0.640. The number of benzene rings is 1. The van der Waals surface area contributed by atoms with Crippen LogP contribution in [0, 0.1) is 0 Å². The summed E-state index contributed by atoms with van der Waals surface area (Å²) < 4.78 is 12.3. The number of carbonyl (C=O) groups excluding carboxylic acids is 1. The van der Waals surface area contributed by atoms with Crippen molar-refractivity contribution in [2.45, 2.75) is 6.54 Å². The summed E-state index contributed by atoms with van der Waals surface area (Å²) in [5.74, 6) is 1.05. The van der Waals surface area contributed by atoms with Crippen molar-refractivity contribution in [3.63, 3.8) is 0 Å². The summed E-state index contributed by atoms with van der Waals surface area (Å²) in [7, 11) is 5.03. The van der Waals surface area contributed by atoms with Gasteiger partial charge in [-0.05, 0) is 42.0 Å². The van der Waals surface area contributed by atoms with Gasteiger partial charge in [0.15, 0.2) is 11.5 Å². The molecule has 0 radical (unpaired) electrons. The molecule has 0 spiro atoms. The molecule has 0 aliphatic carbocycles. The monoisotopic (exact) mass is 378 g/mol. The molecular weight excluding hydrogens is 356 g/mol. The molecule has 0 atom stereocenters. The summed E-state index contributed by atoms with van der Waals surface area (Å²) in [6.45, 7) is 0.341. The molecule has 0 aliphatic heterocycles. The Hall–Kier alpha value is -3.61. The minimum atomic E-state index is -0.203. The van der Waals surface area contributed by atoms with E-state index in [9.17, 15) is 4.79 Å². The summed E-state index contributed by atoms with van der Waals surface area (Å²) in [5, 5.41) is 7.29. The third-order valence-corrected chi connectivity index (χ3v) is 4.18. The van der Waals surface area contributed by atoms with Crippen LogP contribution in [0.2, 0.25) is 0 Å². The van der Waals surface area contributed by atoms with E-state index in [1.54, 1.807) is 43.4 Å². The molecule has 1 aromatic carbocycles. The highest BCUT2D eigenvalue weighted by Crippen LogP contribution is 2.27. The lowest BCUT2D eigenvalue weighted by atomic mass is 10.2. The second kappa shape index (κ2) is 8.85. The molecule has 2 aromatic heterocycles. The van der Waals surface area contributed by atoms with Gasteiger partial charge < -0.3 is 14.8 Å². The van der Waals surface area contributed by atoms with Crippen molar-refractivity contribution in [3.8, 4) is 22.8 Å². The van der Waals surface area contributed by atoms with Crippen LogP contribution in [0.15, 0.2) is 54.9 Å². The Bertz CT molecular complexity index is 981. The zero-order chi connectivity index (χ0) is 19.9. The van der Waals surface area contributed by atoms with E-state index in [0.29, 0.717) is 18.0 Å². The Morgan fingerprint density at radius 3 is 2.57 bits per heavy atom. The molecule has 1 N–H and O–H groups in total. The highest BCUT2D eigenvalue weighted by atomic mass is 16.5. The lowest BCUT2D eigenvalue weighted by Gasteiger charge is -2.07. The first-order valence-corrected chi connectivity index (χ1v) is 8.72. The van der Waals surface area contributed by atoms with Crippen molar-refractivity contribution in [3.05, 3.63) is 66.1 Å². The van der Waals surface area contributed by atoms with Crippen molar-refractivity contribution in [2.75, 3.05) is 14.2 Å². The van der Waals surface area contributed by atoms with Crippen LogP contribution in [0.4, 0.5) is 0 Å². The van der Waals surface area contributed by atoms with E-state index in [1.807, 2.05) is 37.4 Å². The van der Waals surface area contributed by atoms with E-state index < -0.39 is 0 Å². The molecule has 144 valence electrons. The molecular formula is C21H22N4O3. The number of hydrogen-bond donors (Lipinski definition) is 1. The molecule has 0 bridgehead atoms. The summed E-state index contributed by atoms with van der Waals surface area (Å²) >= 11 is 0. The number of amides is 1. The fraction of sp³-hybridized carbons (Fsp3) is 0.190. The first-order chi connectivity index (χ1) is 13.6. The van der Waals surface area contributed by atoms with Crippen molar-refractivity contribution in [1.29, 1.82) is 0 Å². The molecule has 7 nitrogen and oxygen atoms in total. The van der Waals surface area contributed by atoms with Crippen molar-refractivity contribution < 1.29 is 14.3 Å². The predicted molar refractivity (Wildman–Crippen MR) is 107 cm³/mol. The van der Waals surface area contributed by atoms with Crippen LogP contribution in [0.5, 0.6) is 11.5 Å². The fourth-order valence-corrected chi connectivity index (χ4v) is 2.77. The zero-order valence-corrected chi connectivity index (χ0v) is 16.0. The summed E-state index contributed by atoms with van der Waals surface area (Å²) in [5.41, 5.74) is 3.61. The van der Waals surface area contributed by atoms with E-state index in [-0.39, 0.29) is 5.91 Å². The average Bonchev–Trinajstić information content (AvgIpc) is 3.11. The number of nitrogens with one attached hydrogen (secondary N) is 1. The lowest BCUT2D eigenvalue weighted by molar-refractivity contribution is -0.116. The molecule has 3 aromatic rings. The van der Waals surface area contributed by atoms with Crippen LogP contribution in [-0.2, 0) is 18.4 Å². The Balaban J connectivity index is 1.61. The lowest BCUT2D eigenvalue weighted by Crippen LogP contribution is -2.20. The number of methoxy groups -OCH3 is 2. The summed E-state index contributed by atoms with van der Waals surface area (Å²) in [6.07, 6.45) is 6.68. The van der Waals surface area contributed by atoms with Crippen LogP contribution in [0.1, 0.15) is 11.3 Å². The first-order valence-electron chi connectivity index (χ1n) is 8.72. The second-order valence-corrected chi connectivity index (χ2v) is 6.05. The van der Waals surface area contributed by atoms with Gasteiger partial charge in [0, 0.05) is 31.1 Å². The molecule has 2 heterocycles. The van der Waals surface area contributed by atoms with E-state index in [2.05, 4.69) is 15.4 Å². The molecule has 0 saturated carbocycles. The third kappa shape index (κ3) is 4.56. The first kappa shape index (κ1) is 19.2. The van der Waals surface area contributed by atoms with Gasteiger partial charge in [-0.3, -0.25) is 14.5 Å². The Morgan fingerprint density at radius 2 is 1.86 bits per heavy atom. The molecule has 0 fully saturated rings. The number of carbonyl (C=O) groups is 1. The number of pyridine rings is 1. The largest absolute Gasteiger partial charge is 0.493 e. The number of aromatic nitrogens is 3. The van der Waals surface area contributed by atoms with Gasteiger partial charge in [0.1, 0.15) is 0 Å². The van der Waals surface area contributed by atoms with Gasteiger partial charge in [0.2, 0.25) is 5.91 Å². The van der Waals surface area contributed by atoms with Crippen LogP contribution < -0.4 is 14.8 Å². The average molecular weight is 378 g/mol. The van der Waals surface area contributed by atoms with Gasteiger partial charge in [-0.2, -0.15) is 5.10 Å². The number of ether oxygens (including phenoxy) is 2. The topological polar surface area (TPSA) is 78.3 Å². The maximum Gasteiger partial charge on any atom is 0.244 e. The zero-order valence-electron chi connectivity index (χ0n) is 16.0. The summed E-state index contributed by atoms with van der Waals surface area (Å²) in [4.78, 5) is 16.2. The Morgan fingerprint density at radius 1 is 1.11 bits per heavy atom. The van der Waals surface area contributed by atoms with Crippen molar-refractivity contribution in [1.82, 2.24) is 20.1 Å². The highest BCUT2D eigenvalue weighted by molar-refractivity contribution is 5.91. The highest BCUT2D eigenvalue weighted by Gasteiger charge is 2.08. The second-order valence-electron chi connectivity index (χ2n) is 6.05. The van der Waals surface area contributed by atoms with Crippen LogP contribution in [-0.4, -0.2) is 34.9 Å². The molecule has 0 unspecified atom stereocenters. The molecule has 0 aliphatic rings. The maximum atomic E-state index is 12.1. The minimum Gasteiger partial charge on any atom is -0.493 e. The van der Waals surface area contributed by atoms with Crippen LogP contribution >= 0.6 is 0 Å². The Kier molecular flexibility index (Phi) is 6.06. The maximum absolute atomic E-state index is 12.1. The van der Waals surface area contributed by atoms with Gasteiger partial charge >= 0.3 is 0 Å². The number of hydrogen-bond acceptors (Lipinski definition) is 5. The van der Waals surface area contributed by atoms with E-state index in [4.69, 9.17) is 9.47 Å². The van der Waals surface area contributed by atoms with Crippen LogP contribution in [0.25, 0.3) is 17.3 Å². The van der Waals surface area contributed by atoms with Crippen LogP contribution in [0.3, 0.4) is 0 Å². The number of aryl methyl sites for hydroxylation is 1. The van der Waals surface area contributed by atoms with Gasteiger partial charge in [-0.15, -0.1) is 0 Å². The Labute approximate surface area is 163 Å². The fourth-order valence-electron chi connectivity index (χ4n) is 2.77. The van der Waals surface area contributed by atoms with Gasteiger partial charge in [-0.1, -0.05) is 6.07 Å². The van der Waals surface area contributed by atoms with Gasteiger partial charge in [0.25, 0.3) is 0 Å². The molecule has 28 heavy (non-hydrogen) atoms. The SMILES string of the molecule is COc1ccc(/C=C/C(=O)NCc2cc(-c3ccncc3)n(C)n2)cc1OC. The summed E-state index contributed by atoms with van der Waals surface area (Å²) in [6, 6.07) is 11.3. The molecule has 3 rings (SSSR count). The van der Waals surface area contributed by atoms with Gasteiger partial charge in [0.05, 0.1) is 32.2 Å². The van der Waals surface area contributed by atoms with E-state index in [0.717, 1.165) is 22.5 Å².